The van der Waals surface area contributed by atoms with Crippen LogP contribution in [-0.2, 0) is 0 Å². The van der Waals surface area contributed by atoms with Crippen LogP contribution in [0.4, 0.5) is 17.1 Å². The Hall–Kier alpha value is -7.06. The van der Waals surface area contributed by atoms with Crippen LogP contribution in [0.3, 0.4) is 0 Å². The van der Waals surface area contributed by atoms with Crippen molar-refractivity contribution in [1.29, 1.82) is 10.5 Å². The molecule has 0 aromatic heterocycles. The van der Waals surface area contributed by atoms with Crippen LogP contribution in [0, 0.1) is 46.3 Å². The number of rotatable bonds is 4. The van der Waals surface area contributed by atoms with Crippen molar-refractivity contribution in [1.82, 2.24) is 0 Å². The van der Waals surface area contributed by atoms with Gasteiger partial charge in [-0.15, -0.1) is 0 Å². The fourth-order valence-electron chi connectivity index (χ4n) is 4.14. The van der Waals surface area contributed by atoms with Gasteiger partial charge in [-0.05, 0) is 115 Å². The largest absolute Gasteiger partial charge is 0.399 e. The quantitative estimate of drug-likeness (QED) is 0.169. The molecule has 5 aromatic rings. The number of hydrogen-bond acceptors (Lipinski definition) is 5. The fourth-order valence-corrected chi connectivity index (χ4v) is 4.14. The van der Waals surface area contributed by atoms with Crippen LogP contribution >= 0.6 is 0 Å². The van der Waals surface area contributed by atoms with Crippen LogP contribution in [0.15, 0.2) is 115 Å². The molecule has 5 aromatic carbocycles. The van der Waals surface area contributed by atoms with Crippen molar-refractivity contribution in [2.24, 2.45) is 0 Å². The van der Waals surface area contributed by atoms with Gasteiger partial charge in [0.15, 0.2) is 0 Å². The molecule has 0 radical (unpaired) electrons. The molecule has 0 spiro atoms. The predicted octanol–water partition coefficient (Wildman–Crippen LogP) is 6.32. The maximum absolute atomic E-state index is 13.0. The third-order valence-corrected chi connectivity index (χ3v) is 6.50. The van der Waals surface area contributed by atoms with Crippen LogP contribution in [0.1, 0.15) is 54.1 Å². The summed E-state index contributed by atoms with van der Waals surface area (Å²) in [6, 6.07) is 36.7. The zero-order valence-corrected chi connectivity index (χ0v) is 23.8. The summed E-state index contributed by atoms with van der Waals surface area (Å²) >= 11 is 0. The van der Waals surface area contributed by atoms with Crippen LogP contribution in [-0.4, -0.2) is 11.8 Å². The molecule has 0 saturated heterocycles. The van der Waals surface area contributed by atoms with E-state index in [1.54, 1.807) is 97.1 Å². The van der Waals surface area contributed by atoms with Crippen LogP contribution in [0.2, 0.25) is 0 Å². The summed E-state index contributed by atoms with van der Waals surface area (Å²) < 4.78 is 0. The first-order valence-electron chi connectivity index (χ1n) is 13.7. The van der Waals surface area contributed by atoms with Gasteiger partial charge >= 0.3 is 0 Å². The summed E-state index contributed by atoms with van der Waals surface area (Å²) in [7, 11) is 0. The number of hydrogen-bond donors (Lipinski definition) is 3. The van der Waals surface area contributed by atoms with E-state index in [-0.39, 0.29) is 16.8 Å². The summed E-state index contributed by atoms with van der Waals surface area (Å²) in [5.41, 5.74) is 12.1. The molecule has 0 unspecified atom stereocenters. The minimum absolute atomic E-state index is 0.234. The molecular weight excluding hydrogens is 558 g/mol. The number of nitriles is 2. The van der Waals surface area contributed by atoms with Crippen LogP contribution in [0.5, 0.6) is 0 Å². The number of nitrogens with one attached hydrogen (secondary N) is 2. The van der Waals surface area contributed by atoms with Gasteiger partial charge in [0.2, 0.25) is 0 Å². The lowest BCUT2D eigenvalue weighted by molar-refractivity contribution is 0.102. The van der Waals surface area contributed by atoms with E-state index < -0.39 is 11.8 Å². The van der Waals surface area contributed by atoms with Crippen LogP contribution in [0.25, 0.3) is 0 Å². The van der Waals surface area contributed by atoms with Gasteiger partial charge in [-0.25, -0.2) is 0 Å². The van der Waals surface area contributed by atoms with Crippen molar-refractivity contribution < 1.29 is 9.59 Å². The topological polar surface area (TPSA) is 132 Å². The highest BCUT2D eigenvalue weighted by Crippen LogP contribution is 2.18. The first-order valence-corrected chi connectivity index (χ1v) is 13.7. The van der Waals surface area contributed by atoms with E-state index in [0.29, 0.717) is 22.5 Å². The Labute approximate surface area is 260 Å². The highest BCUT2D eigenvalue weighted by molar-refractivity contribution is 6.09. The fraction of sp³-hybridized carbons (Fsp3) is 0. The van der Waals surface area contributed by atoms with E-state index in [0.717, 1.165) is 22.3 Å². The number of carbonyl (C=O) groups is 2. The van der Waals surface area contributed by atoms with Gasteiger partial charge in [-0.2, -0.15) is 10.5 Å². The zero-order valence-electron chi connectivity index (χ0n) is 23.8. The lowest BCUT2D eigenvalue weighted by Gasteiger charge is -2.10. The highest BCUT2D eigenvalue weighted by Gasteiger charge is 2.13. The Bertz CT molecular complexity index is 1940. The lowest BCUT2D eigenvalue weighted by Crippen LogP contribution is -2.16. The molecule has 0 heterocycles. The van der Waals surface area contributed by atoms with E-state index >= 15 is 0 Å². The van der Waals surface area contributed by atoms with Crippen molar-refractivity contribution in [2.75, 3.05) is 16.4 Å². The number of nitrogens with zero attached hydrogens (tertiary/aromatic N) is 2. The average Bonchev–Trinajstić information content (AvgIpc) is 3.07. The third kappa shape index (κ3) is 8.03. The second-order valence-corrected chi connectivity index (χ2v) is 9.78. The highest BCUT2D eigenvalue weighted by atomic mass is 16.2. The van der Waals surface area contributed by atoms with Crippen molar-refractivity contribution >= 4 is 28.9 Å². The average molecular weight is 582 g/mol. The second kappa shape index (κ2) is 13.7. The summed E-state index contributed by atoms with van der Waals surface area (Å²) in [6.45, 7) is 0. The van der Waals surface area contributed by atoms with E-state index in [4.69, 9.17) is 16.3 Å². The Morgan fingerprint density at radius 3 is 1.07 bits per heavy atom. The number of nitrogen functional groups attached to an aromatic ring is 1. The van der Waals surface area contributed by atoms with Gasteiger partial charge in [0.25, 0.3) is 11.8 Å². The number of anilines is 3. The molecular formula is C38H23N5O2. The molecule has 4 N–H and O–H groups in total. The maximum Gasteiger partial charge on any atom is 0.255 e. The number of amides is 2. The summed E-state index contributed by atoms with van der Waals surface area (Å²) in [5.74, 6) is 11.4. The van der Waals surface area contributed by atoms with Gasteiger partial charge in [0.05, 0.1) is 23.3 Å². The zero-order chi connectivity index (χ0) is 31.6. The van der Waals surface area contributed by atoms with Gasteiger partial charge in [-0.1, -0.05) is 23.7 Å². The molecule has 45 heavy (non-hydrogen) atoms. The van der Waals surface area contributed by atoms with Gasteiger partial charge < -0.3 is 16.4 Å². The molecule has 0 fully saturated rings. The number of carbonyl (C=O) groups excluding carboxylic acids is 2. The second-order valence-electron chi connectivity index (χ2n) is 9.78. The van der Waals surface area contributed by atoms with Gasteiger partial charge in [0, 0.05) is 50.4 Å². The maximum atomic E-state index is 13.0. The molecule has 212 valence electrons. The smallest absolute Gasteiger partial charge is 0.255 e. The van der Waals surface area contributed by atoms with Crippen molar-refractivity contribution in [2.45, 2.75) is 0 Å². The Kier molecular flexibility index (Phi) is 8.98. The number of nitrogens with two attached hydrogens (primary N) is 1. The lowest BCUT2D eigenvalue weighted by atomic mass is 10.1. The van der Waals surface area contributed by atoms with Crippen molar-refractivity contribution in [3.63, 3.8) is 0 Å². The van der Waals surface area contributed by atoms with Crippen molar-refractivity contribution in [3.8, 4) is 35.8 Å². The molecule has 0 aliphatic heterocycles. The van der Waals surface area contributed by atoms with Gasteiger partial charge in [-0.3, -0.25) is 9.59 Å². The van der Waals surface area contributed by atoms with E-state index in [2.05, 4.69) is 46.5 Å². The molecule has 0 aliphatic rings. The Morgan fingerprint density at radius 1 is 0.467 bits per heavy atom. The minimum atomic E-state index is -0.419. The van der Waals surface area contributed by atoms with Crippen LogP contribution < -0.4 is 16.4 Å². The SMILES string of the molecule is N#Cc1ccc(C#Cc2ccc(NC(=O)c3cc(N)cc(C(=O)Nc4ccc(C#Cc5ccc(C#N)cc5)cc4)c3)cc2)cc1. The molecule has 0 bridgehead atoms. The predicted molar refractivity (Wildman–Crippen MR) is 174 cm³/mol. The summed E-state index contributed by atoms with van der Waals surface area (Å²) in [5, 5.41) is 23.5. The Morgan fingerprint density at radius 2 is 0.756 bits per heavy atom. The monoisotopic (exact) mass is 581 g/mol. The first-order chi connectivity index (χ1) is 21.9. The normalized spacial score (nSPS) is 9.64. The van der Waals surface area contributed by atoms with E-state index in [1.807, 2.05) is 0 Å². The molecule has 2 amide bonds. The molecule has 5 rings (SSSR count). The van der Waals surface area contributed by atoms with E-state index in [9.17, 15) is 9.59 Å². The molecule has 0 atom stereocenters. The Balaban J connectivity index is 1.20. The molecule has 0 aliphatic carbocycles. The molecule has 0 saturated carbocycles. The standard InChI is InChI=1S/C38H23N5O2/c39-24-30-9-5-26(6-10-30)1-3-28-13-17-35(18-14-28)42-37(44)32-21-33(23-34(41)22-32)38(45)43-36-19-15-29(16-20-36)4-2-27-7-11-31(25-40)12-8-27/h5-23H,41H2,(H,42,44)(H,43,45). The van der Waals surface area contributed by atoms with Crippen molar-refractivity contribution in [3.05, 3.63) is 160 Å². The molecule has 7 nitrogen and oxygen atoms in total. The van der Waals surface area contributed by atoms with Gasteiger partial charge in [0.1, 0.15) is 0 Å². The summed E-state index contributed by atoms with van der Waals surface area (Å²) in [4.78, 5) is 26.0. The van der Waals surface area contributed by atoms with E-state index in [1.165, 1.54) is 18.2 Å². The first kappa shape index (κ1) is 29.4. The molecule has 7 heteroatoms. The third-order valence-electron chi connectivity index (χ3n) is 6.50. The minimum Gasteiger partial charge on any atom is -0.399 e. The summed E-state index contributed by atoms with van der Waals surface area (Å²) in [6.07, 6.45) is 0. The number of benzene rings is 5.